The molecule has 5 nitrogen and oxygen atoms in total. The maximum Gasteiger partial charge on any atom is 0.344 e. The van der Waals surface area contributed by atoms with Gasteiger partial charge in [-0.1, -0.05) is 18.2 Å². The van der Waals surface area contributed by atoms with Gasteiger partial charge in [0.2, 0.25) is 0 Å². The molecule has 0 spiro atoms. The minimum atomic E-state index is -0.440. The van der Waals surface area contributed by atoms with Crippen LogP contribution in [0.2, 0.25) is 0 Å². The fourth-order valence-corrected chi connectivity index (χ4v) is 2.61. The Balaban J connectivity index is 2.07. The van der Waals surface area contributed by atoms with Gasteiger partial charge in [0.05, 0.1) is 12.0 Å². The molecule has 0 bridgehead atoms. The molecule has 0 fully saturated rings. The quantitative estimate of drug-likeness (QED) is 0.420. The molecule has 0 atom stereocenters. The monoisotopic (exact) mass is 312 g/mol. The number of ether oxygens (including phenoxy) is 2. The van der Waals surface area contributed by atoms with Crippen molar-refractivity contribution in [3.8, 4) is 5.75 Å². The molecule has 0 N–H and O–H groups in total. The van der Waals surface area contributed by atoms with Gasteiger partial charge >= 0.3 is 11.6 Å². The Morgan fingerprint density at radius 3 is 2.65 bits per heavy atom. The summed E-state index contributed by atoms with van der Waals surface area (Å²) in [6.45, 7) is 3.76. The van der Waals surface area contributed by atoms with Crippen molar-refractivity contribution in [1.82, 2.24) is 0 Å². The van der Waals surface area contributed by atoms with Gasteiger partial charge in [-0.2, -0.15) is 0 Å². The number of aryl methyl sites for hydroxylation is 1. The number of hydrogen-bond donors (Lipinski definition) is 0. The van der Waals surface area contributed by atoms with Crippen molar-refractivity contribution >= 4 is 27.7 Å². The van der Waals surface area contributed by atoms with Crippen molar-refractivity contribution in [1.29, 1.82) is 0 Å². The van der Waals surface area contributed by atoms with Gasteiger partial charge in [-0.25, -0.2) is 9.59 Å². The predicted octanol–water partition coefficient (Wildman–Crippen LogP) is 3.20. The average Bonchev–Trinajstić information content (AvgIpc) is 2.53. The summed E-state index contributed by atoms with van der Waals surface area (Å²) >= 11 is 0. The van der Waals surface area contributed by atoms with Crippen molar-refractivity contribution in [2.75, 3.05) is 13.2 Å². The number of fused-ring (bicyclic) bond motifs is 3. The van der Waals surface area contributed by atoms with Gasteiger partial charge in [-0.15, -0.1) is 0 Å². The van der Waals surface area contributed by atoms with Gasteiger partial charge in [0.15, 0.2) is 6.61 Å². The molecule has 0 aliphatic heterocycles. The Kier molecular flexibility index (Phi) is 4.02. The van der Waals surface area contributed by atoms with E-state index in [4.69, 9.17) is 13.9 Å². The number of esters is 1. The van der Waals surface area contributed by atoms with Gasteiger partial charge in [-0.3, -0.25) is 0 Å². The third-order valence-electron chi connectivity index (χ3n) is 3.55. The molecule has 118 valence electrons. The van der Waals surface area contributed by atoms with Crippen molar-refractivity contribution < 1.29 is 18.7 Å². The second-order valence-corrected chi connectivity index (χ2v) is 5.14. The van der Waals surface area contributed by atoms with E-state index in [9.17, 15) is 9.59 Å². The van der Waals surface area contributed by atoms with E-state index in [1.54, 1.807) is 25.1 Å². The molecule has 1 aromatic heterocycles. The summed E-state index contributed by atoms with van der Waals surface area (Å²) in [5, 5.41) is 2.25. The van der Waals surface area contributed by atoms with E-state index in [1.807, 2.05) is 25.1 Å². The number of hydrogen-bond acceptors (Lipinski definition) is 5. The number of carbonyl (C=O) groups is 1. The first-order chi connectivity index (χ1) is 11.1. The molecular weight excluding hydrogens is 296 g/mol. The highest BCUT2D eigenvalue weighted by Gasteiger charge is 2.12. The van der Waals surface area contributed by atoms with E-state index in [2.05, 4.69) is 0 Å². The number of benzene rings is 2. The molecule has 3 aromatic rings. The van der Waals surface area contributed by atoms with Crippen LogP contribution >= 0.6 is 0 Å². The van der Waals surface area contributed by atoms with Gasteiger partial charge in [0, 0.05) is 16.8 Å². The fraction of sp³-hybridized carbons (Fsp3) is 0.222. The molecule has 5 heteroatoms. The van der Waals surface area contributed by atoms with Crippen LogP contribution in [0.15, 0.2) is 45.6 Å². The second kappa shape index (κ2) is 6.12. The summed E-state index contributed by atoms with van der Waals surface area (Å²) < 4.78 is 15.6. The molecule has 0 unspecified atom stereocenters. The topological polar surface area (TPSA) is 65.7 Å². The van der Waals surface area contributed by atoms with Crippen LogP contribution < -0.4 is 10.4 Å². The lowest BCUT2D eigenvalue weighted by Crippen LogP contribution is -2.14. The minimum Gasteiger partial charge on any atom is -0.482 e. The summed E-state index contributed by atoms with van der Waals surface area (Å²) in [4.78, 5) is 23.5. The Morgan fingerprint density at radius 1 is 1.17 bits per heavy atom. The Labute approximate surface area is 132 Å². The van der Waals surface area contributed by atoms with E-state index < -0.39 is 11.6 Å². The van der Waals surface area contributed by atoms with Crippen LogP contribution in [0.3, 0.4) is 0 Å². The third kappa shape index (κ3) is 2.90. The van der Waals surface area contributed by atoms with Crippen LogP contribution in [0, 0.1) is 6.92 Å². The Hall–Kier alpha value is -2.82. The lowest BCUT2D eigenvalue weighted by atomic mass is 10.0. The highest BCUT2D eigenvalue weighted by Crippen LogP contribution is 2.29. The van der Waals surface area contributed by atoms with Crippen LogP contribution in [0.5, 0.6) is 5.75 Å². The van der Waals surface area contributed by atoms with E-state index in [1.165, 1.54) is 0 Å². The molecule has 0 radical (unpaired) electrons. The van der Waals surface area contributed by atoms with Gasteiger partial charge in [-0.05, 0) is 31.5 Å². The first kappa shape index (κ1) is 15.1. The zero-order valence-corrected chi connectivity index (χ0v) is 12.9. The van der Waals surface area contributed by atoms with Crippen molar-refractivity contribution in [2.24, 2.45) is 0 Å². The fourth-order valence-electron chi connectivity index (χ4n) is 2.61. The Bertz CT molecular complexity index is 939. The lowest BCUT2D eigenvalue weighted by Gasteiger charge is -2.10. The summed E-state index contributed by atoms with van der Waals surface area (Å²) in [6.07, 6.45) is 0. The zero-order valence-electron chi connectivity index (χ0n) is 12.9. The molecule has 3 rings (SSSR count). The average molecular weight is 312 g/mol. The smallest absolute Gasteiger partial charge is 0.344 e. The molecule has 1 heterocycles. The van der Waals surface area contributed by atoms with Gasteiger partial charge in [0.1, 0.15) is 11.3 Å². The molecule has 0 aliphatic carbocycles. The van der Waals surface area contributed by atoms with E-state index >= 15 is 0 Å². The van der Waals surface area contributed by atoms with Crippen LogP contribution in [-0.4, -0.2) is 19.2 Å². The summed E-state index contributed by atoms with van der Waals surface area (Å²) in [5.41, 5.74) is 0.948. The number of carbonyl (C=O) groups excluding carboxylic acids is 1. The Morgan fingerprint density at radius 2 is 1.91 bits per heavy atom. The van der Waals surface area contributed by atoms with E-state index in [0.717, 1.165) is 16.3 Å². The van der Waals surface area contributed by atoms with Crippen LogP contribution in [0.1, 0.15) is 12.5 Å². The van der Waals surface area contributed by atoms with Gasteiger partial charge < -0.3 is 13.9 Å². The van der Waals surface area contributed by atoms with Crippen molar-refractivity contribution in [3.63, 3.8) is 0 Å². The van der Waals surface area contributed by atoms with Gasteiger partial charge in [0.25, 0.3) is 0 Å². The predicted molar refractivity (Wildman–Crippen MR) is 86.9 cm³/mol. The minimum absolute atomic E-state index is 0.184. The van der Waals surface area contributed by atoms with Crippen LogP contribution in [0.4, 0.5) is 0 Å². The lowest BCUT2D eigenvalue weighted by molar-refractivity contribution is -0.145. The maximum absolute atomic E-state index is 12.1. The van der Waals surface area contributed by atoms with Crippen molar-refractivity contribution in [2.45, 2.75) is 13.8 Å². The van der Waals surface area contributed by atoms with Crippen molar-refractivity contribution in [3.05, 3.63) is 52.4 Å². The van der Waals surface area contributed by atoms with E-state index in [-0.39, 0.29) is 6.61 Å². The molecule has 0 aliphatic rings. The molecule has 2 aromatic carbocycles. The summed E-state index contributed by atoms with van der Waals surface area (Å²) in [6, 6.07) is 10.7. The van der Waals surface area contributed by atoms with Crippen LogP contribution in [-0.2, 0) is 9.53 Å². The third-order valence-corrected chi connectivity index (χ3v) is 3.55. The first-order valence-corrected chi connectivity index (χ1v) is 7.34. The molecule has 0 amide bonds. The van der Waals surface area contributed by atoms with E-state index in [0.29, 0.717) is 23.3 Å². The highest BCUT2D eigenvalue weighted by molar-refractivity contribution is 6.06. The zero-order chi connectivity index (χ0) is 16.4. The first-order valence-electron chi connectivity index (χ1n) is 7.34. The molecular formula is C18H16O5. The standard InChI is InChI=1S/C18H16O5/c1-3-21-16(19)10-22-12-8-11(2)17-13-6-4-5-7-14(13)18(20)23-15(17)9-12/h4-9H,3,10H2,1-2H3. The SMILES string of the molecule is CCOC(=O)COc1cc(C)c2c(c1)oc(=O)c1ccccc12. The van der Waals surface area contributed by atoms with Crippen LogP contribution in [0.25, 0.3) is 21.7 Å². The largest absolute Gasteiger partial charge is 0.482 e. The number of rotatable bonds is 4. The molecule has 0 saturated carbocycles. The molecule has 0 saturated heterocycles. The summed E-state index contributed by atoms with van der Waals surface area (Å²) in [5.74, 6) is 0.0201. The normalized spacial score (nSPS) is 10.9. The molecule has 23 heavy (non-hydrogen) atoms. The second-order valence-electron chi connectivity index (χ2n) is 5.14. The highest BCUT2D eigenvalue weighted by atomic mass is 16.6. The summed E-state index contributed by atoms with van der Waals surface area (Å²) in [7, 11) is 0. The maximum atomic E-state index is 12.1.